The van der Waals surface area contributed by atoms with Crippen LogP contribution in [0.1, 0.15) is 30.4 Å². The van der Waals surface area contributed by atoms with Crippen LogP contribution in [0.3, 0.4) is 0 Å². The van der Waals surface area contributed by atoms with Crippen molar-refractivity contribution in [1.29, 1.82) is 0 Å². The molecule has 0 saturated carbocycles. The van der Waals surface area contributed by atoms with Gasteiger partial charge in [0.15, 0.2) is 0 Å². The predicted molar refractivity (Wildman–Crippen MR) is 78.1 cm³/mol. The van der Waals surface area contributed by atoms with Gasteiger partial charge in [0.1, 0.15) is 5.76 Å². The van der Waals surface area contributed by atoms with Crippen LogP contribution in [0.2, 0.25) is 0 Å². The molecule has 0 bridgehead atoms. The van der Waals surface area contributed by atoms with E-state index in [0.29, 0.717) is 12.3 Å². The number of aromatic amines is 1. The normalized spacial score (nSPS) is 11.9. The van der Waals surface area contributed by atoms with Crippen LogP contribution in [-0.4, -0.2) is 25.2 Å². The molecule has 21 heavy (non-hydrogen) atoms. The summed E-state index contributed by atoms with van der Waals surface area (Å²) in [5.74, 6) is 0.600. The lowest BCUT2D eigenvalue weighted by molar-refractivity contribution is 0.400. The van der Waals surface area contributed by atoms with Crippen LogP contribution in [0.15, 0.2) is 27.8 Å². The molecule has 2 aromatic heterocycles. The molecular formula is C13H20N4O3S. The van der Waals surface area contributed by atoms with E-state index in [1.807, 2.05) is 6.92 Å². The molecule has 2 heterocycles. The fraction of sp³-hybridized carbons (Fsp3) is 0.462. The molecule has 0 unspecified atom stereocenters. The maximum atomic E-state index is 12.1. The van der Waals surface area contributed by atoms with Gasteiger partial charge >= 0.3 is 0 Å². The van der Waals surface area contributed by atoms with Gasteiger partial charge in [-0.1, -0.05) is 6.92 Å². The Labute approximate surface area is 124 Å². The van der Waals surface area contributed by atoms with Gasteiger partial charge in [-0.3, -0.25) is 5.10 Å². The van der Waals surface area contributed by atoms with Crippen LogP contribution < -0.4 is 10.0 Å². The Kier molecular flexibility index (Phi) is 5.16. The van der Waals surface area contributed by atoms with E-state index in [0.717, 1.165) is 24.2 Å². The fourth-order valence-electron chi connectivity index (χ4n) is 1.78. The first-order chi connectivity index (χ1) is 10.0. The first-order valence-corrected chi connectivity index (χ1v) is 8.29. The summed E-state index contributed by atoms with van der Waals surface area (Å²) >= 11 is 0. The molecule has 0 fully saturated rings. The summed E-state index contributed by atoms with van der Waals surface area (Å²) in [5, 5.41) is 9.69. The molecule has 2 aromatic rings. The Hall–Kier alpha value is -1.64. The summed E-state index contributed by atoms with van der Waals surface area (Å²) in [6.07, 6.45) is 2.61. The zero-order valence-electron chi connectivity index (χ0n) is 12.1. The molecule has 0 amide bonds. The quantitative estimate of drug-likeness (QED) is 0.638. The Morgan fingerprint density at radius 3 is 2.81 bits per heavy atom. The molecule has 2 rings (SSSR count). The number of aryl methyl sites for hydroxylation is 1. The van der Waals surface area contributed by atoms with E-state index in [4.69, 9.17) is 4.42 Å². The van der Waals surface area contributed by atoms with E-state index in [1.165, 1.54) is 6.07 Å². The second kappa shape index (κ2) is 6.88. The predicted octanol–water partition coefficient (Wildman–Crippen LogP) is 1.29. The van der Waals surface area contributed by atoms with Crippen LogP contribution in [0.5, 0.6) is 0 Å². The van der Waals surface area contributed by atoms with Crippen molar-refractivity contribution in [1.82, 2.24) is 20.2 Å². The standard InChI is InChI=1S/C13H20N4O3S/c1-3-6-14-9-12-4-5-13(20-12)21(18,19)16-8-11-7-15-17-10(11)2/h4-5,7,14,16H,3,6,8-9H2,1-2H3,(H,15,17). The molecular weight excluding hydrogens is 292 g/mol. The summed E-state index contributed by atoms with van der Waals surface area (Å²) < 4.78 is 32.1. The van der Waals surface area contributed by atoms with Crippen LogP contribution in [-0.2, 0) is 23.1 Å². The van der Waals surface area contributed by atoms with E-state index in [2.05, 4.69) is 27.2 Å². The third-order valence-electron chi connectivity index (χ3n) is 3.01. The van der Waals surface area contributed by atoms with Crippen molar-refractivity contribution in [3.8, 4) is 0 Å². The van der Waals surface area contributed by atoms with Gasteiger partial charge in [0.25, 0.3) is 10.0 Å². The van der Waals surface area contributed by atoms with E-state index >= 15 is 0 Å². The molecule has 7 nitrogen and oxygen atoms in total. The van der Waals surface area contributed by atoms with Crippen LogP contribution in [0.4, 0.5) is 0 Å². The molecule has 0 spiro atoms. The molecule has 3 N–H and O–H groups in total. The average Bonchev–Trinajstić information content (AvgIpc) is 3.06. The SMILES string of the molecule is CCCNCc1ccc(S(=O)(=O)NCc2cn[nH]c2C)o1. The lowest BCUT2D eigenvalue weighted by atomic mass is 10.3. The second-order valence-electron chi connectivity index (χ2n) is 4.74. The summed E-state index contributed by atoms with van der Waals surface area (Å²) in [7, 11) is -3.65. The number of furan rings is 1. The molecule has 8 heteroatoms. The van der Waals surface area contributed by atoms with Crippen molar-refractivity contribution in [3.63, 3.8) is 0 Å². The number of nitrogens with one attached hydrogen (secondary N) is 3. The highest BCUT2D eigenvalue weighted by atomic mass is 32.2. The highest BCUT2D eigenvalue weighted by Crippen LogP contribution is 2.14. The monoisotopic (exact) mass is 312 g/mol. The maximum Gasteiger partial charge on any atom is 0.274 e. The Morgan fingerprint density at radius 2 is 2.14 bits per heavy atom. The minimum Gasteiger partial charge on any atom is -0.447 e. The summed E-state index contributed by atoms with van der Waals surface area (Å²) in [5.41, 5.74) is 1.64. The van der Waals surface area contributed by atoms with Crippen molar-refractivity contribution < 1.29 is 12.8 Å². The molecule has 0 radical (unpaired) electrons. The molecule has 0 aliphatic carbocycles. The zero-order chi connectivity index (χ0) is 15.3. The van der Waals surface area contributed by atoms with Gasteiger partial charge in [0, 0.05) is 17.8 Å². The van der Waals surface area contributed by atoms with Crippen LogP contribution in [0.25, 0.3) is 0 Å². The van der Waals surface area contributed by atoms with Crippen molar-refractivity contribution in [3.05, 3.63) is 35.3 Å². The van der Waals surface area contributed by atoms with Gasteiger partial charge in [-0.2, -0.15) is 5.10 Å². The van der Waals surface area contributed by atoms with Crippen molar-refractivity contribution in [2.45, 2.75) is 38.5 Å². The topological polar surface area (TPSA) is 100 Å². The molecule has 0 aliphatic heterocycles. The Bertz CT molecular complexity index is 675. The first kappa shape index (κ1) is 15.7. The second-order valence-corrected chi connectivity index (χ2v) is 6.44. The molecule has 116 valence electrons. The number of aromatic nitrogens is 2. The van der Waals surface area contributed by atoms with Gasteiger partial charge in [0.05, 0.1) is 12.7 Å². The summed E-state index contributed by atoms with van der Waals surface area (Å²) in [4.78, 5) is 0. The smallest absolute Gasteiger partial charge is 0.274 e. The molecule has 0 aliphatic rings. The minimum atomic E-state index is -3.65. The first-order valence-electron chi connectivity index (χ1n) is 6.81. The number of nitrogens with zero attached hydrogens (tertiary/aromatic N) is 1. The van der Waals surface area contributed by atoms with Gasteiger partial charge in [0.2, 0.25) is 5.09 Å². The maximum absolute atomic E-state index is 12.1. The number of sulfonamides is 1. The third-order valence-corrected chi connectivity index (χ3v) is 4.29. The van der Waals surface area contributed by atoms with Gasteiger partial charge in [-0.25, -0.2) is 13.1 Å². The average molecular weight is 312 g/mol. The van der Waals surface area contributed by atoms with Gasteiger partial charge < -0.3 is 9.73 Å². The van der Waals surface area contributed by atoms with E-state index in [-0.39, 0.29) is 11.6 Å². The van der Waals surface area contributed by atoms with Gasteiger partial charge in [-0.15, -0.1) is 0 Å². The fourth-order valence-corrected chi connectivity index (χ4v) is 2.74. The van der Waals surface area contributed by atoms with Crippen LogP contribution >= 0.6 is 0 Å². The van der Waals surface area contributed by atoms with E-state index in [9.17, 15) is 8.42 Å². The molecule has 0 saturated heterocycles. The minimum absolute atomic E-state index is 0.0723. The number of H-pyrrole nitrogens is 1. The highest BCUT2D eigenvalue weighted by molar-refractivity contribution is 7.89. The number of hydrogen-bond donors (Lipinski definition) is 3. The van der Waals surface area contributed by atoms with E-state index in [1.54, 1.807) is 12.3 Å². The van der Waals surface area contributed by atoms with Crippen molar-refractivity contribution >= 4 is 10.0 Å². The Balaban J connectivity index is 1.97. The summed E-state index contributed by atoms with van der Waals surface area (Å²) in [6, 6.07) is 3.13. The lowest BCUT2D eigenvalue weighted by Gasteiger charge is -2.03. The van der Waals surface area contributed by atoms with Crippen LogP contribution in [0, 0.1) is 6.92 Å². The molecule has 0 atom stereocenters. The van der Waals surface area contributed by atoms with Crippen molar-refractivity contribution in [2.75, 3.05) is 6.54 Å². The Morgan fingerprint density at radius 1 is 1.33 bits per heavy atom. The molecule has 0 aromatic carbocycles. The summed E-state index contributed by atoms with van der Waals surface area (Å²) in [6.45, 7) is 5.45. The number of hydrogen-bond acceptors (Lipinski definition) is 5. The van der Waals surface area contributed by atoms with Gasteiger partial charge in [-0.05, 0) is 32.0 Å². The largest absolute Gasteiger partial charge is 0.447 e. The third kappa shape index (κ3) is 4.16. The van der Waals surface area contributed by atoms with E-state index < -0.39 is 10.0 Å². The van der Waals surface area contributed by atoms with Crippen molar-refractivity contribution in [2.24, 2.45) is 0 Å². The zero-order valence-corrected chi connectivity index (χ0v) is 13.0. The number of rotatable bonds is 8. The highest BCUT2D eigenvalue weighted by Gasteiger charge is 2.19. The lowest BCUT2D eigenvalue weighted by Crippen LogP contribution is -2.23.